The summed E-state index contributed by atoms with van der Waals surface area (Å²) in [5, 5.41) is 3.31. The van der Waals surface area contributed by atoms with Gasteiger partial charge in [-0.3, -0.25) is 4.79 Å². The summed E-state index contributed by atoms with van der Waals surface area (Å²) in [6.07, 6.45) is 8.06. The maximum Gasteiger partial charge on any atom is 0.293 e. The second-order valence-corrected chi connectivity index (χ2v) is 4.93. The van der Waals surface area contributed by atoms with E-state index in [-0.39, 0.29) is 5.56 Å². The SMILES string of the molecule is CCCn1ccnc(NC2CCCC2C)c1=O. The molecule has 1 aliphatic carbocycles. The van der Waals surface area contributed by atoms with Crippen molar-refractivity contribution in [2.45, 2.75) is 52.1 Å². The molecule has 0 saturated heterocycles. The first-order valence-electron chi connectivity index (χ1n) is 6.54. The molecule has 1 saturated carbocycles. The summed E-state index contributed by atoms with van der Waals surface area (Å²) in [5.74, 6) is 1.15. The monoisotopic (exact) mass is 235 g/mol. The molecule has 2 atom stereocenters. The summed E-state index contributed by atoms with van der Waals surface area (Å²) in [6, 6.07) is 0.410. The number of nitrogens with one attached hydrogen (secondary N) is 1. The van der Waals surface area contributed by atoms with Crippen LogP contribution in [-0.4, -0.2) is 15.6 Å². The summed E-state index contributed by atoms with van der Waals surface area (Å²) >= 11 is 0. The van der Waals surface area contributed by atoms with Crippen LogP contribution in [0.25, 0.3) is 0 Å². The Morgan fingerprint density at radius 2 is 2.35 bits per heavy atom. The second-order valence-electron chi connectivity index (χ2n) is 4.93. The van der Waals surface area contributed by atoms with E-state index in [0.29, 0.717) is 17.8 Å². The van der Waals surface area contributed by atoms with Crippen molar-refractivity contribution in [2.24, 2.45) is 5.92 Å². The summed E-state index contributed by atoms with van der Waals surface area (Å²) in [5.41, 5.74) is 0.00782. The average molecular weight is 235 g/mol. The topological polar surface area (TPSA) is 46.9 Å². The first-order valence-corrected chi connectivity index (χ1v) is 6.54. The number of hydrogen-bond donors (Lipinski definition) is 1. The molecule has 4 nitrogen and oxygen atoms in total. The van der Waals surface area contributed by atoms with Gasteiger partial charge in [0.2, 0.25) is 0 Å². The van der Waals surface area contributed by atoms with Gasteiger partial charge >= 0.3 is 0 Å². The Kier molecular flexibility index (Phi) is 3.82. The predicted molar refractivity (Wildman–Crippen MR) is 69.2 cm³/mol. The number of hydrogen-bond acceptors (Lipinski definition) is 3. The van der Waals surface area contributed by atoms with E-state index in [1.807, 2.05) is 0 Å². The highest BCUT2D eigenvalue weighted by Gasteiger charge is 2.24. The molecule has 0 radical (unpaired) electrons. The lowest BCUT2D eigenvalue weighted by Gasteiger charge is -2.17. The van der Waals surface area contributed by atoms with Gasteiger partial charge in [0.25, 0.3) is 5.56 Å². The molecular weight excluding hydrogens is 214 g/mol. The maximum absolute atomic E-state index is 12.1. The van der Waals surface area contributed by atoms with Gasteiger partial charge in [-0.25, -0.2) is 4.98 Å². The number of aryl methyl sites for hydroxylation is 1. The van der Waals surface area contributed by atoms with Gasteiger partial charge in [-0.05, 0) is 25.2 Å². The molecule has 1 heterocycles. The lowest BCUT2D eigenvalue weighted by atomic mass is 10.1. The van der Waals surface area contributed by atoms with Gasteiger partial charge in [0.15, 0.2) is 5.82 Å². The summed E-state index contributed by atoms with van der Waals surface area (Å²) in [7, 11) is 0. The Hall–Kier alpha value is -1.32. The van der Waals surface area contributed by atoms with E-state index >= 15 is 0 Å². The fourth-order valence-corrected chi connectivity index (χ4v) is 2.50. The Bertz CT molecular complexity index is 427. The number of nitrogens with zero attached hydrogens (tertiary/aromatic N) is 2. The van der Waals surface area contributed by atoms with Crippen molar-refractivity contribution >= 4 is 5.82 Å². The molecule has 0 aliphatic heterocycles. The normalized spacial score (nSPS) is 23.9. The van der Waals surface area contributed by atoms with Crippen LogP contribution >= 0.6 is 0 Å². The maximum atomic E-state index is 12.1. The number of rotatable bonds is 4. The third kappa shape index (κ3) is 2.68. The highest BCUT2D eigenvalue weighted by Crippen LogP contribution is 2.26. The van der Waals surface area contributed by atoms with E-state index in [4.69, 9.17) is 0 Å². The molecule has 0 bridgehead atoms. The molecule has 1 aromatic heterocycles. The van der Waals surface area contributed by atoms with E-state index in [9.17, 15) is 4.79 Å². The Balaban J connectivity index is 2.15. The lowest BCUT2D eigenvalue weighted by molar-refractivity contribution is 0.552. The molecular formula is C13H21N3O. The minimum Gasteiger partial charge on any atom is -0.362 e. The zero-order chi connectivity index (χ0) is 12.3. The molecule has 0 spiro atoms. The largest absolute Gasteiger partial charge is 0.362 e. The van der Waals surface area contributed by atoms with Crippen LogP contribution in [0.5, 0.6) is 0 Å². The average Bonchev–Trinajstić information content (AvgIpc) is 2.70. The van der Waals surface area contributed by atoms with Gasteiger partial charge in [0.1, 0.15) is 0 Å². The quantitative estimate of drug-likeness (QED) is 0.870. The van der Waals surface area contributed by atoms with Crippen LogP contribution in [0.4, 0.5) is 5.82 Å². The van der Waals surface area contributed by atoms with Crippen LogP contribution in [-0.2, 0) is 6.54 Å². The first kappa shape index (κ1) is 12.1. The van der Waals surface area contributed by atoms with Crippen LogP contribution in [0.2, 0.25) is 0 Å². The molecule has 4 heteroatoms. The molecule has 1 aromatic rings. The minimum atomic E-state index is 0.00782. The molecule has 0 amide bonds. The molecule has 2 rings (SSSR count). The van der Waals surface area contributed by atoms with Gasteiger partial charge in [0.05, 0.1) is 0 Å². The predicted octanol–water partition coefficient (Wildman–Crippen LogP) is 2.25. The van der Waals surface area contributed by atoms with Crippen molar-refractivity contribution in [3.05, 3.63) is 22.7 Å². The summed E-state index contributed by atoms with van der Waals surface area (Å²) in [4.78, 5) is 16.3. The van der Waals surface area contributed by atoms with Crippen molar-refractivity contribution < 1.29 is 0 Å². The molecule has 94 valence electrons. The Labute approximate surface area is 102 Å². The molecule has 1 fully saturated rings. The Morgan fingerprint density at radius 1 is 1.53 bits per heavy atom. The van der Waals surface area contributed by atoms with Gasteiger partial charge in [-0.1, -0.05) is 20.3 Å². The summed E-state index contributed by atoms with van der Waals surface area (Å²) in [6.45, 7) is 5.06. The zero-order valence-corrected chi connectivity index (χ0v) is 10.6. The van der Waals surface area contributed by atoms with E-state index in [2.05, 4.69) is 24.1 Å². The zero-order valence-electron chi connectivity index (χ0n) is 10.6. The van der Waals surface area contributed by atoms with E-state index in [0.717, 1.165) is 19.4 Å². The van der Waals surface area contributed by atoms with E-state index < -0.39 is 0 Å². The molecule has 17 heavy (non-hydrogen) atoms. The van der Waals surface area contributed by atoms with Crippen molar-refractivity contribution in [3.63, 3.8) is 0 Å². The lowest BCUT2D eigenvalue weighted by Crippen LogP contribution is -2.30. The van der Waals surface area contributed by atoms with Crippen LogP contribution in [0.3, 0.4) is 0 Å². The van der Waals surface area contributed by atoms with E-state index in [1.165, 1.54) is 12.8 Å². The molecule has 0 aromatic carbocycles. The first-order chi connectivity index (χ1) is 8.22. The molecule has 2 unspecified atom stereocenters. The van der Waals surface area contributed by atoms with Gasteiger partial charge in [-0.15, -0.1) is 0 Å². The van der Waals surface area contributed by atoms with Crippen molar-refractivity contribution in [2.75, 3.05) is 5.32 Å². The van der Waals surface area contributed by atoms with Crippen LogP contribution in [0, 0.1) is 5.92 Å². The number of aromatic nitrogens is 2. The number of anilines is 1. The molecule has 1 N–H and O–H groups in total. The van der Waals surface area contributed by atoms with Crippen LogP contribution in [0.1, 0.15) is 39.5 Å². The minimum absolute atomic E-state index is 0.00782. The highest BCUT2D eigenvalue weighted by molar-refractivity contribution is 5.32. The van der Waals surface area contributed by atoms with Crippen LogP contribution < -0.4 is 10.9 Å². The van der Waals surface area contributed by atoms with Crippen LogP contribution in [0.15, 0.2) is 17.2 Å². The third-order valence-corrected chi connectivity index (χ3v) is 3.56. The fourth-order valence-electron chi connectivity index (χ4n) is 2.50. The summed E-state index contributed by atoms with van der Waals surface area (Å²) < 4.78 is 1.73. The van der Waals surface area contributed by atoms with Gasteiger partial charge in [-0.2, -0.15) is 0 Å². The van der Waals surface area contributed by atoms with Gasteiger partial charge in [0, 0.05) is 25.0 Å². The standard InChI is InChI=1S/C13H21N3O/c1-3-8-16-9-7-14-12(13(16)17)15-11-6-4-5-10(11)2/h7,9-11H,3-6,8H2,1-2H3,(H,14,15). The van der Waals surface area contributed by atoms with Crippen molar-refractivity contribution in [1.29, 1.82) is 0 Å². The third-order valence-electron chi connectivity index (χ3n) is 3.56. The van der Waals surface area contributed by atoms with Crippen molar-refractivity contribution in [1.82, 2.24) is 9.55 Å². The van der Waals surface area contributed by atoms with Gasteiger partial charge < -0.3 is 9.88 Å². The fraction of sp³-hybridized carbons (Fsp3) is 0.692. The van der Waals surface area contributed by atoms with E-state index in [1.54, 1.807) is 17.0 Å². The second kappa shape index (κ2) is 5.34. The smallest absolute Gasteiger partial charge is 0.293 e. The molecule has 1 aliphatic rings. The highest BCUT2D eigenvalue weighted by atomic mass is 16.1. The van der Waals surface area contributed by atoms with Crippen molar-refractivity contribution in [3.8, 4) is 0 Å². The Morgan fingerprint density at radius 3 is 3.00 bits per heavy atom.